The van der Waals surface area contributed by atoms with Crippen molar-refractivity contribution in [1.82, 2.24) is 0 Å². The Hall–Kier alpha value is -0.460. The molecule has 0 radical (unpaired) electrons. The summed E-state index contributed by atoms with van der Waals surface area (Å²) >= 11 is 0. The predicted octanol–water partition coefficient (Wildman–Crippen LogP) is 2.90. The van der Waals surface area contributed by atoms with Crippen LogP contribution in [0.5, 0.6) is 0 Å². The summed E-state index contributed by atoms with van der Waals surface area (Å²) < 4.78 is 26.5. The van der Waals surface area contributed by atoms with E-state index in [0.29, 0.717) is 0 Å². The van der Waals surface area contributed by atoms with Crippen molar-refractivity contribution in [2.75, 3.05) is 33.0 Å². The average Bonchev–Trinajstić information content (AvgIpc) is 3.44. The lowest BCUT2D eigenvalue weighted by Crippen LogP contribution is -2.77. The molecule has 1 N–H and O–H groups in total. The van der Waals surface area contributed by atoms with Gasteiger partial charge in [0.25, 0.3) is 0 Å². The van der Waals surface area contributed by atoms with Crippen LogP contribution in [0, 0.1) is 0 Å². The highest BCUT2D eigenvalue weighted by atomic mass is 16.6. The maximum Gasteiger partial charge on any atom is 0.133 e. The van der Waals surface area contributed by atoms with Gasteiger partial charge in [-0.25, -0.2) is 0 Å². The molecule has 0 bridgehead atoms. The lowest BCUT2D eigenvalue weighted by molar-refractivity contribution is -0.298. The van der Waals surface area contributed by atoms with Gasteiger partial charge in [0.15, 0.2) is 0 Å². The van der Waals surface area contributed by atoms with E-state index >= 15 is 0 Å². The van der Waals surface area contributed by atoms with Crippen LogP contribution in [-0.2, 0) is 18.9 Å². The molecule has 5 rings (SSSR count). The van der Waals surface area contributed by atoms with Crippen LogP contribution >= 0.6 is 0 Å². The van der Waals surface area contributed by atoms with Crippen molar-refractivity contribution >= 4 is 0 Å². The number of hydrogen-bond donors (Lipinski definition) is 1. The van der Waals surface area contributed by atoms with E-state index in [4.69, 9.17) is 18.9 Å². The minimum absolute atomic E-state index is 0.205. The van der Waals surface area contributed by atoms with Crippen molar-refractivity contribution in [2.24, 2.45) is 0 Å². The number of fused-ring (bicyclic) bond motifs is 3. The van der Waals surface area contributed by atoms with Crippen molar-refractivity contribution in [3.05, 3.63) is 11.6 Å². The van der Waals surface area contributed by atoms with E-state index in [0.717, 1.165) is 90.6 Å². The van der Waals surface area contributed by atoms with E-state index in [9.17, 15) is 5.11 Å². The summed E-state index contributed by atoms with van der Waals surface area (Å²) in [5.74, 6) is 0. The zero-order valence-electron chi connectivity index (χ0n) is 15.8. The first-order chi connectivity index (χ1) is 12.7. The van der Waals surface area contributed by atoms with Crippen molar-refractivity contribution in [1.29, 1.82) is 0 Å². The number of ether oxygens (including phenoxy) is 4. The molecule has 0 amide bonds. The molecule has 0 aromatic carbocycles. The molecule has 4 saturated heterocycles. The Morgan fingerprint density at radius 1 is 0.769 bits per heavy atom. The topological polar surface area (TPSA) is 57.2 Å². The van der Waals surface area contributed by atoms with Gasteiger partial charge in [0, 0.05) is 33.0 Å². The molecule has 5 nitrogen and oxygen atoms in total. The molecule has 146 valence electrons. The van der Waals surface area contributed by atoms with Gasteiger partial charge in [-0.1, -0.05) is 0 Å². The number of aliphatic hydroxyl groups excluding tert-OH is 1. The Balaban J connectivity index is 1.73. The summed E-state index contributed by atoms with van der Waals surface area (Å²) in [6.45, 7) is 3.34. The lowest BCUT2D eigenvalue weighted by Gasteiger charge is -2.63. The van der Waals surface area contributed by atoms with Gasteiger partial charge in [0.1, 0.15) is 22.4 Å². The van der Waals surface area contributed by atoms with Crippen molar-refractivity contribution < 1.29 is 24.1 Å². The average molecular weight is 364 g/mol. The highest BCUT2D eigenvalue weighted by Crippen LogP contribution is 2.66. The molecule has 4 fully saturated rings. The molecule has 1 aliphatic carbocycles. The van der Waals surface area contributed by atoms with Crippen LogP contribution in [0.2, 0.25) is 0 Å². The monoisotopic (exact) mass is 364 g/mol. The molecule has 4 atom stereocenters. The zero-order valence-corrected chi connectivity index (χ0v) is 15.8. The van der Waals surface area contributed by atoms with Crippen molar-refractivity contribution in [2.45, 2.75) is 86.6 Å². The van der Waals surface area contributed by atoms with Gasteiger partial charge in [-0.05, 0) is 75.9 Å². The second kappa shape index (κ2) is 6.28. The lowest BCUT2D eigenvalue weighted by atomic mass is 9.53. The Morgan fingerprint density at radius 2 is 1.42 bits per heavy atom. The van der Waals surface area contributed by atoms with Crippen LogP contribution in [0.25, 0.3) is 0 Å². The molecule has 5 aliphatic rings. The highest BCUT2D eigenvalue weighted by molar-refractivity contribution is 5.44. The summed E-state index contributed by atoms with van der Waals surface area (Å²) in [4.78, 5) is 0. The van der Waals surface area contributed by atoms with E-state index in [2.05, 4.69) is 6.08 Å². The summed E-state index contributed by atoms with van der Waals surface area (Å²) in [6.07, 6.45) is 12.2. The molecular weight excluding hydrogens is 332 g/mol. The molecular formula is C21H32O5. The molecule has 0 aromatic heterocycles. The Bertz CT molecular complexity index is 559. The van der Waals surface area contributed by atoms with E-state index in [1.807, 2.05) is 0 Å². The smallest absolute Gasteiger partial charge is 0.133 e. The third-order valence-corrected chi connectivity index (χ3v) is 7.64. The second-order valence-corrected chi connectivity index (χ2v) is 8.68. The van der Waals surface area contributed by atoms with Crippen LogP contribution in [0.15, 0.2) is 11.6 Å². The van der Waals surface area contributed by atoms with E-state index in [1.165, 1.54) is 5.57 Å². The number of hydrogen-bond acceptors (Lipinski definition) is 5. The van der Waals surface area contributed by atoms with Crippen LogP contribution in [0.1, 0.15) is 64.2 Å². The van der Waals surface area contributed by atoms with Crippen LogP contribution < -0.4 is 0 Å². The maximum atomic E-state index is 9.49. The molecule has 0 unspecified atom stereocenters. The first-order valence-corrected chi connectivity index (χ1v) is 10.6. The standard InChI is InChI=1S/C21H32O5/c22-11-1-6-17-16-18(7-2-12-23-18)20(9-4-14-25-20)21(10-5-15-26-21)19(17)8-3-13-24-19/h16,22H,1-15H2/t18-,19-,20+,21+/m1/s1. The summed E-state index contributed by atoms with van der Waals surface area (Å²) in [5, 5.41) is 9.49. The molecule has 4 aliphatic heterocycles. The fraction of sp³-hybridized carbons (Fsp3) is 0.905. The third kappa shape index (κ3) is 1.99. The summed E-state index contributed by atoms with van der Waals surface area (Å²) in [5.41, 5.74) is -0.374. The number of rotatable bonds is 3. The molecule has 4 heterocycles. The van der Waals surface area contributed by atoms with Gasteiger partial charge in [-0.2, -0.15) is 0 Å². The van der Waals surface area contributed by atoms with Gasteiger partial charge >= 0.3 is 0 Å². The van der Waals surface area contributed by atoms with Gasteiger partial charge in [0.2, 0.25) is 0 Å². The summed E-state index contributed by atoms with van der Waals surface area (Å²) in [6, 6.07) is 0. The Morgan fingerprint density at radius 3 is 2.00 bits per heavy atom. The summed E-state index contributed by atoms with van der Waals surface area (Å²) in [7, 11) is 0. The second-order valence-electron chi connectivity index (χ2n) is 8.68. The Labute approximate surface area is 156 Å². The van der Waals surface area contributed by atoms with E-state index in [1.54, 1.807) is 0 Å². The molecule has 5 heteroatoms. The fourth-order valence-corrected chi connectivity index (χ4v) is 6.86. The SMILES string of the molecule is OCCCC1=C[C@]2(CCCO2)[C@@]2(CCCO2)[C@]2(CCCO2)[C@@]12CCCO2. The zero-order chi connectivity index (χ0) is 17.7. The van der Waals surface area contributed by atoms with Gasteiger partial charge < -0.3 is 24.1 Å². The highest BCUT2D eigenvalue weighted by Gasteiger charge is 2.78. The largest absolute Gasteiger partial charge is 0.396 e. The van der Waals surface area contributed by atoms with E-state index in [-0.39, 0.29) is 6.61 Å². The molecule has 0 saturated carbocycles. The quantitative estimate of drug-likeness (QED) is 0.781. The van der Waals surface area contributed by atoms with Crippen molar-refractivity contribution in [3.63, 3.8) is 0 Å². The maximum absolute atomic E-state index is 9.49. The predicted molar refractivity (Wildman–Crippen MR) is 96.1 cm³/mol. The van der Waals surface area contributed by atoms with E-state index < -0.39 is 22.4 Å². The minimum Gasteiger partial charge on any atom is -0.396 e. The fourth-order valence-electron chi connectivity index (χ4n) is 6.86. The van der Waals surface area contributed by atoms with Gasteiger partial charge in [-0.15, -0.1) is 0 Å². The van der Waals surface area contributed by atoms with Gasteiger partial charge in [-0.3, -0.25) is 0 Å². The van der Waals surface area contributed by atoms with Crippen molar-refractivity contribution in [3.8, 4) is 0 Å². The van der Waals surface area contributed by atoms with Gasteiger partial charge in [0.05, 0.1) is 0 Å². The van der Waals surface area contributed by atoms with Crippen LogP contribution in [0.3, 0.4) is 0 Å². The first kappa shape index (κ1) is 17.6. The molecule has 26 heavy (non-hydrogen) atoms. The van der Waals surface area contributed by atoms with Crippen LogP contribution in [0.4, 0.5) is 0 Å². The Kier molecular flexibility index (Phi) is 4.26. The normalized spacial score (nSPS) is 47.8. The first-order valence-electron chi connectivity index (χ1n) is 10.6. The van der Waals surface area contributed by atoms with Crippen LogP contribution in [-0.4, -0.2) is 60.5 Å². The third-order valence-electron chi connectivity index (χ3n) is 7.64. The minimum atomic E-state index is -0.448. The number of aliphatic hydroxyl groups is 1. The molecule has 4 spiro atoms. The molecule has 0 aromatic rings.